The van der Waals surface area contributed by atoms with Crippen LogP contribution in [0.4, 0.5) is 9.52 Å². The third-order valence-corrected chi connectivity index (χ3v) is 9.02. The van der Waals surface area contributed by atoms with Crippen molar-refractivity contribution in [1.82, 2.24) is 10.2 Å². The fourth-order valence-electron chi connectivity index (χ4n) is 4.88. The number of aliphatic hydroxyl groups excluding tert-OH is 1. The number of anilines is 1. The minimum Gasteiger partial charge on any atom is -0.504 e. The summed E-state index contributed by atoms with van der Waals surface area (Å²) in [7, 11) is 1.47. The standard InChI is InChI=1S/C31H24FN3O7S2/c1-3-41-22-13-16(11-12-20(22)36)25-24(26(37)23-14-17-8-6-10-21(40-2)28(17)42-23)27(38)29(39)35(25)30-33-34-31(44-30)43-15-18-7-4-5-9-19(18)32/h4-14,25,36,38H,3,15H2,1-2H3. The first-order valence-corrected chi connectivity index (χ1v) is 15.1. The highest BCUT2D eigenvalue weighted by Gasteiger charge is 2.47. The van der Waals surface area contributed by atoms with E-state index >= 15 is 0 Å². The number of hydrogen-bond acceptors (Lipinski definition) is 11. The number of ether oxygens (including phenoxy) is 2. The predicted molar refractivity (Wildman–Crippen MR) is 162 cm³/mol. The van der Waals surface area contributed by atoms with Crippen LogP contribution in [0.1, 0.15) is 34.6 Å². The number of Topliss-reactive ketones (excluding diaryl/α,β-unsaturated/α-hetero) is 1. The molecular weight excluding hydrogens is 609 g/mol. The van der Waals surface area contributed by atoms with Crippen molar-refractivity contribution in [1.29, 1.82) is 0 Å². The van der Waals surface area contributed by atoms with Crippen LogP contribution in [-0.2, 0) is 10.5 Å². The van der Waals surface area contributed by atoms with Gasteiger partial charge in [-0.3, -0.25) is 14.5 Å². The number of carbonyl (C=O) groups is 2. The van der Waals surface area contributed by atoms with Crippen LogP contribution in [0.25, 0.3) is 11.0 Å². The fraction of sp³-hybridized carbons (Fsp3) is 0.161. The number of nitrogens with zero attached hydrogens (tertiary/aromatic N) is 3. The van der Waals surface area contributed by atoms with Crippen LogP contribution in [0.3, 0.4) is 0 Å². The van der Waals surface area contributed by atoms with Gasteiger partial charge in [0.05, 0.1) is 25.3 Å². The van der Waals surface area contributed by atoms with Gasteiger partial charge in [0.15, 0.2) is 38.7 Å². The van der Waals surface area contributed by atoms with E-state index in [2.05, 4.69) is 10.2 Å². The van der Waals surface area contributed by atoms with Gasteiger partial charge >= 0.3 is 0 Å². The summed E-state index contributed by atoms with van der Waals surface area (Å²) in [6.07, 6.45) is 0. The lowest BCUT2D eigenvalue weighted by atomic mass is 9.95. The second kappa shape index (κ2) is 12.0. The Hall–Kier alpha value is -4.88. The van der Waals surface area contributed by atoms with Gasteiger partial charge in [0.1, 0.15) is 5.82 Å². The average molecular weight is 634 g/mol. The highest BCUT2D eigenvalue weighted by molar-refractivity contribution is 8.00. The Morgan fingerprint density at radius 1 is 1.09 bits per heavy atom. The van der Waals surface area contributed by atoms with Crippen molar-refractivity contribution < 1.29 is 38.1 Å². The molecule has 2 N–H and O–H groups in total. The van der Waals surface area contributed by atoms with Gasteiger partial charge in [-0.05, 0) is 48.4 Å². The van der Waals surface area contributed by atoms with Gasteiger partial charge in [-0.25, -0.2) is 4.39 Å². The number of carbonyl (C=O) groups excluding carboxylic acids is 2. The van der Waals surface area contributed by atoms with Crippen LogP contribution in [0.15, 0.2) is 86.8 Å². The number of hydrogen-bond donors (Lipinski definition) is 2. The molecule has 224 valence electrons. The molecule has 1 aliphatic heterocycles. The average Bonchev–Trinajstić information content (AvgIpc) is 3.74. The van der Waals surface area contributed by atoms with Gasteiger partial charge in [-0.1, -0.05) is 59.5 Å². The first-order valence-electron chi connectivity index (χ1n) is 13.3. The third kappa shape index (κ3) is 5.24. The second-order valence-electron chi connectivity index (χ2n) is 9.55. The van der Waals surface area contributed by atoms with Crippen molar-refractivity contribution in [3.8, 4) is 17.2 Å². The molecule has 1 unspecified atom stereocenters. The molecule has 0 fully saturated rings. The molecule has 10 nitrogen and oxygen atoms in total. The summed E-state index contributed by atoms with van der Waals surface area (Å²) >= 11 is 2.28. The quantitative estimate of drug-likeness (QED) is 0.0982. The maximum absolute atomic E-state index is 14.2. The minimum atomic E-state index is -1.18. The molecule has 1 atom stereocenters. The van der Waals surface area contributed by atoms with E-state index in [0.717, 1.165) is 11.3 Å². The van der Waals surface area contributed by atoms with Gasteiger partial charge < -0.3 is 24.1 Å². The number of aliphatic hydroxyl groups is 1. The Labute approximate surface area is 258 Å². The van der Waals surface area contributed by atoms with E-state index in [4.69, 9.17) is 13.9 Å². The largest absolute Gasteiger partial charge is 0.504 e. The summed E-state index contributed by atoms with van der Waals surface area (Å²) in [5, 5.41) is 30.6. The number of fused-ring (bicyclic) bond motifs is 1. The number of aromatic nitrogens is 2. The lowest BCUT2D eigenvalue weighted by Crippen LogP contribution is -2.31. The van der Waals surface area contributed by atoms with Crippen molar-refractivity contribution in [3.63, 3.8) is 0 Å². The fourth-order valence-corrected chi connectivity index (χ4v) is 6.73. The number of halogens is 1. The monoisotopic (exact) mass is 633 g/mol. The van der Waals surface area contributed by atoms with Crippen LogP contribution >= 0.6 is 23.1 Å². The molecule has 0 saturated heterocycles. The van der Waals surface area contributed by atoms with Crippen molar-refractivity contribution in [2.75, 3.05) is 18.6 Å². The Kier molecular flexibility index (Phi) is 7.97. The number of amides is 1. The zero-order valence-corrected chi connectivity index (χ0v) is 24.9. The third-order valence-electron chi connectivity index (χ3n) is 6.91. The van der Waals surface area contributed by atoms with Crippen LogP contribution < -0.4 is 14.4 Å². The van der Waals surface area contributed by atoms with Gasteiger partial charge in [0.2, 0.25) is 10.9 Å². The van der Waals surface area contributed by atoms with E-state index in [1.807, 2.05) is 0 Å². The molecule has 5 aromatic rings. The predicted octanol–water partition coefficient (Wildman–Crippen LogP) is 6.61. The number of rotatable bonds is 10. The summed E-state index contributed by atoms with van der Waals surface area (Å²) in [5.74, 6) is -2.18. The number of ketones is 1. The van der Waals surface area contributed by atoms with Crippen molar-refractivity contribution >= 4 is 50.9 Å². The topological polar surface area (TPSA) is 135 Å². The first-order chi connectivity index (χ1) is 21.3. The second-order valence-corrected chi connectivity index (χ2v) is 11.7. The Balaban J connectivity index is 1.41. The lowest BCUT2D eigenvalue weighted by molar-refractivity contribution is -0.117. The molecule has 0 radical (unpaired) electrons. The molecule has 0 aliphatic carbocycles. The summed E-state index contributed by atoms with van der Waals surface area (Å²) in [6.45, 7) is 1.99. The van der Waals surface area contributed by atoms with E-state index in [1.54, 1.807) is 43.3 Å². The van der Waals surface area contributed by atoms with Crippen LogP contribution in [0.5, 0.6) is 17.2 Å². The molecule has 0 saturated carbocycles. The molecule has 6 rings (SSSR count). The number of methoxy groups -OCH3 is 1. The number of para-hydroxylation sites is 1. The molecular formula is C31H24FN3O7S2. The zero-order valence-electron chi connectivity index (χ0n) is 23.3. The SMILES string of the molecule is CCOc1cc(C2C(C(=O)c3cc4cccc(OC)c4o3)=C(O)C(=O)N2c2nnc(SCc3ccccc3F)s2)ccc1O. The molecule has 0 spiro atoms. The number of thioether (sulfide) groups is 1. The molecule has 1 amide bonds. The number of benzene rings is 3. The number of aromatic hydroxyl groups is 1. The molecule has 2 aromatic heterocycles. The van der Waals surface area contributed by atoms with Gasteiger partial charge in [0.25, 0.3) is 5.91 Å². The van der Waals surface area contributed by atoms with Gasteiger partial charge in [0, 0.05) is 11.1 Å². The highest BCUT2D eigenvalue weighted by atomic mass is 32.2. The molecule has 0 bridgehead atoms. The highest BCUT2D eigenvalue weighted by Crippen LogP contribution is 2.46. The molecule has 13 heteroatoms. The van der Waals surface area contributed by atoms with Gasteiger partial charge in [-0.2, -0.15) is 0 Å². The molecule has 44 heavy (non-hydrogen) atoms. The van der Waals surface area contributed by atoms with Crippen molar-refractivity contribution in [2.24, 2.45) is 0 Å². The van der Waals surface area contributed by atoms with E-state index in [0.29, 0.717) is 32.2 Å². The molecule has 1 aliphatic rings. The summed E-state index contributed by atoms with van der Waals surface area (Å²) < 4.78 is 31.4. The van der Waals surface area contributed by atoms with E-state index in [1.165, 1.54) is 54.1 Å². The van der Waals surface area contributed by atoms with Crippen LogP contribution in [0.2, 0.25) is 0 Å². The van der Waals surface area contributed by atoms with E-state index in [-0.39, 0.29) is 46.1 Å². The Bertz CT molecular complexity index is 1940. The van der Waals surface area contributed by atoms with Gasteiger partial charge in [-0.15, -0.1) is 10.2 Å². The molecule has 3 aromatic carbocycles. The first kappa shape index (κ1) is 29.2. The maximum atomic E-state index is 14.2. The molecule has 3 heterocycles. The normalized spacial score (nSPS) is 14.9. The zero-order chi connectivity index (χ0) is 31.0. The lowest BCUT2D eigenvalue weighted by Gasteiger charge is -2.24. The van der Waals surface area contributed by atoms with Crippen LogP contribution in [0, 0.1) is 5.82 Å². The minimum absolute atomic E-state index is 0.0997. The number of phenolic OH excluding ortho intramolecular Hbond substituents is 1. The van der Waals surface area contributed by atoms with Crippen LogP contribution in [-0.4, -0.2) is 45.8 Å². The number of furan rings is 1. The van der Waals surface area contributed by atoms with Crippen molar-refractivity contribution in [3.05, 3.63) is 101 Å². The van der Waals surface area contributed by atoms with Crippen molar-refractivity contribution in [2.45, 2.75) is 23.1 Å². The number of phenols is 1. The smallest absolute Gasteiger partial charge is 0.296 e. The van der Waals surface area contributed by atoms with E-state index < -0.39 is 23.5 Å². The Morgan fingerprint density at radius 2 is 1.91 bits per heavy atom. The Morgan fingerprint density at radius 3 is 2.68 bits per heavy atom. The van der Waals surface area contributed by atoms with E-state index in [9.17, 15) is 24.2 Å². The summed E-state index contributed by atoms with van der Waals surface area (Å²) in [6, 6.07) is 16.3. The maximum Gasteiger partial charge on any atom is 0.296 e. The summed E-state index contributed by atoms with van der Waals surface area (Å²) in [5.41, 5.74) is 0.917. The summed E-state index contributed by atoms with van der Waals surface area (Å²) in [4.78, 5) is 28.8.